The first-order valence-corrected chi connectivity index (χ1v) is 10.6. The van der Waals surface area contributed by atoms with Crippen molar-refractivity contribution < 1.29 is 9.53 Å². The maximum atomic E-state index is 12.5. The second kappa shape index (κ2) is 9.16. The Morgan fingerprint density at radius 3 is 2.65 bits per heavy atom. The average Bonchev–Trinajstić information content (AvgIpc) is 3.41. The zero-order chi connectivity index (χ0) is 21.8. The van der Waals surface area contributed by atoms with Crippen LogP contribution in [0.15, 0.2) is 36.7 Å². The zero-order valence-electron chi connectivity index (χ0n) is 18.3. The number of nitrogens with zero attached hydrogens (tertiary/aromatic N) is 5. The highest BCUT2D eigenvalue weighted by Crippen LogP contribution is 2.25. The summed E-state index contributed by atoms with van der Waals surface area (Å²) in [7, 11) is 1.59. The Morgan fingerprint density at radius 2 is 1.87 bits per heavy atom. The van der Waals surface area contributed by atoms with Crippen LogP contribution >= 0.6 is 0 Å². The lowest BCUT2D eigenvalue weighted by Crippen LogP contribution is -2.19. The van der Waals surface area contributed by atoms with E-state index in [0.717, 1.165) is 41.7 Å². The van der Waals surface area contributed by atoms with E-state index in [0.29, 0.717) is 24.3 Å². The van der Waals surface area contributed by atoms with Gasteiger partial charge in [0.05, 0.1) is 18.5 Å². The molecule has 4 rings (SSSR count). The highest BCUT2D eigenvalue weighted by Gasteiger charge is 2.18. The van der Waals surface area contributed by atoms with Crippen LogP contribution in [0.2, 0.25) is 0 Å². The predicted octanol–water partition coefficient (Wildman–Crippen LogP) is 3.46. The number of aromatic nitrogens is 4. The average molecular weight is 421 g/mol. The van der Waals surface area contributed by atoms with Crippen LogP contribution in [0.1, 0.15) is 36.2 Å². The van der Waals surface area contributed by atoms with Crippen molar-refractivity contribution in [1.29, 1.82) is 0 Å². The Balaban J connectivity index is 1.47. The molecule has 0 saturated carbocycles. The first kappa shape index (κ1) is 20.8. The van der Waals surface area contributed by atoms with Crippen molar-refractivity contribution in [3.63, 3.8) is 0 Å². The SMILES string of the molecule is COc1ccccc1NC(=O)CCc1c(C)nn(-c2cc(N3CCCC3)ncn2)c1C. The molecule has 0 unspecified atom stereocenters. The minimum absolute atomic E-state index is 0.0607. The maximum Gasteiger partial charge on any atom is 0.224 e. The number of nitrogens with one attached hydrogen (secondary N) is 1. The smallest absolute Gasteiger partial charge is 0.224 e. The molecule has 31 heavy (non-hydrogen) atoms. The van der Waals surface area contributed by atoms with E-state index in [1.54, 1.807) is 13.4 Å². The van der Waals surface area contributed by atoms with Crippen LogP contribution in [-0.4, -0.2) is 45.9 Å². The normalized spacial score (nSPS) is 13.5. The predicted molar refractivity (Wildman–Crippen MR) is 120 cm³/mol. The Kier molecular flexibility index (Phi) is 6.16. The van der Waals surface area contributed by atoms with Crippen molar-refractivity contribution in [1.82, 2.24) is 19.7 Å². The number of anilines is 2. The molecule has 0 radical (unpaired) electrons. The standard InChI is InChI=1S/C23H28N6O2/c1-16-18(10-11-23(30)26-19-8-4-5-9-20(19)31-3)17(2)29(27-16)22-14-21(24-15-25-22)28-12-6-7-13-28/h4-5,8-9,14-15H,6-7,10-13H2,1-3H3,(H,26,30). The van der Waals surface area contributed by atoms with Gasteiger partial charge in [-0.1, -0.05) is 12.1 Å². The van der Waals surface area contributed by atoms with E-state index in [9.17, 15) is 4.79 Å². The van der Waals surface area contributed by atoms with Gasteiger partial charge in [0.1, 0.15) is 17.9 Å². The molecule has 3 aromatic rings. The van der Waals surface area contributed by atoms with Crippen LogP contribution in [-0.2, 0) is 11.2 Å². The number of carbonyl (C=O) groups excluding carboxylic acids is 1. The molecular formula is C23H28N6O2. The van der Waals surface area contributed by atoms with Crippen molar-refractivity contribution >= 4 is 17.4 Å². The second-order valence-electron chi connectivity index (χ2n) is 7.74. The Bertz CT molecular complexity index is 1070. The molecule has 1 aromatic carbocycles. The molecule has 162 valence electrons. The minimum Gasteiger partial charge on any atom is -0.495 e. The summed E-state index contributed by atoms with van der Waals surface area (Å²) in [5.74, 6) is 2.28. The van der Waals surface area contributed by atoms with Gasteiger partial charge < -0.3 is 15.0 Å². The largest absolute Gasteiger partial charge is 0.495 e. The van der Waals surface area contributed by atoms with Crippen molar-refractivity contribution in [2.45, 2.75) is 39.5 Å². The van der Waals surface area contributed by atoms with Crippen LogP contribution < -0.4 is 15.0 Å². The molecule has 1 saturated heterocycles. The summed E-state index contributed by atoms with van der Waals surface area (Å²) in [5, 5.41) is 7.62. The summed E-state index contributed by atoms with van der Waals surface area (Å²) in [4.78, 5) is 23.7. The summed E-state index contributed by atoms with van der Waals surface area (Å²) in [6, 6.07) is 9.39. The van der Waals surface area contributed by atoms with Crippen molar-refractivity contribution in [3.05, 3.63) is 53.6 Å². The fraction of sp³-hybridized carbons (Fsp3) is 0.391. The van der Waals surface area contributed by atoms with Gasteiger partial charge in [-0.3, -0.25) is 4.79 Å². The molecule has 1 fully saturated rings. The first-order chi connectivity index (χ1) is 15.1. The highest BCUT2D eigenvalue weighted by molar-refractivity contribution is 5.92. The van der Waals surface area contributed by atoms with E-state index in [-0.39, 0.29) is 5.91 Å². The third-order valence-electron chi connectivity index (χ3n) is 5.71. The van der Waals surface area contributed by atoms with Crippen molar-refractivity contribution in [2.24, 2.45) is 0 Å². The molecule has 0 spiro atoms. The molecule has 1 N–H and O–H groups in total. The molecule has 8 nitrogen and oxygen atoms in total. The van der Waals surface area contributed by atoms with E-state index in [1.165, 1.54) is 12.8 Å². The Hall–Kier alpha value is -3.42. The third kappa shape index (κ3) is 4.52. The minimum atomic E-state index is -0.0607. The van der Waals surface area contributed by atoms with Crippen LogP contribution in [0.25, 0.3) is 5.82 Å². The van der Waals surface area contributed by atoms with E-state index in [2.05, 4.69) is 20.2 Å². The quantitative estimate of drug-likeness (QED) is 0.630. The molecule has 0 bridgehead atoms. The summed E-state index contributed by atoms with van der Waals surface area (Å²) < 4.78 is 7.15. The van der Waals surface area contributed by atoms with E-state index >= 15 is 0 Å². The Labute approximate surface area is 182 Å². The second-order valence-corrected chi connectivity index (χ2v) is 7.74. The van der Waals surface area contributed by atoms with Gasteiger partial charge >= 0.3 is 0 Å². The molecule has 0 atom stereocenters. The summed E-state index contributed by atoms with van der Waals surface area (Å²) in [6.45, 7) is 6.05. The van der Waals surface area contributed by atoms with Gasteiger partial charge in [0.2, 0.25) is 5.91 Å². The van der Waals surface area contributed by atoms with Gasteiger partial charge in [0.15, 0.2) is 5.82 Å². The van der Waals surface area contributed by atoms with Gasteiger partial charge in [-0.05, 0) is 50.8 Å². The van der Waals surface area contributed by atoms with Crippen LogP contribution in [0.4, 0.5) is 11.5 Å². The Morgan fingerprint density at radius 1 is 1.13 bits per heavy atom. The molecule has 3 heterocycles. The highest BCUT2D eigenvalue weighted by atomic mass is 16.5. The van der Waals surface area contributed by atoms with Crippen LogP contribution in [0.5, 0.6) is 5.75 Å². The zero-order valence-corrected chi connectivity index (χ0v) is 18.3. The molecule has 1 aliphatic rings. The number of aryl methyl sites for hydroxylation is 1. The molecule has 2 aromatic heterocycles. The molecule has 0 aliphatic carbocycles. The van der Waals surface area contributed by atoms with E-state index < -0.39 is 0 Å². The topological polar surface area (TPSA) is 85.2 Å². The van der Waals surface area contributed by atoms with Gasteiger partial charge in [-0.25, -0.2) is 14.6 Å². The number of benzene rings is 1. The van der Waals surface area contributed by atoms with Gasteiger partial charge in [0.25, 0.3) is 0 Å². The van der Waals surface area contributed by atoms with Gasteiger partial charge in [-0.15, -0.1) is 0 Å². The number of hydrogen-bond acceptors (Lipinski definition) is 6. The molecular weight excluding hydrogens is 392 g/mol. The van der Waals surface area contributed by atoms with Gasteiger partial charge in [0, 0.05) is 31.3 Å². The lowest BCUT2D eigenvalue weighted by Gasteiger charge is -2.16. The van der Waals surface area contributed by atoms with Gasteiger partial charge in [-0.2, -0.15) is 5.10 Å². The maximum absolute atomic E-state index is 12.5. The number of amides is 1. The van der Waals surface area contributed by atoms with Crippen LogP contribution in [0, 0.1) is 13.8 Å². The van der Waals surface area contributed by atoms with E-state index in [4.69, 9.17) is 9.84 Å². The van der Waals surface area contributed by atoms with Crippen molar-refractivity contribution in [3.8, 4) is 11.6 Å². The number of rotatable bonds is 7. The molecule has 1 amide bonds. The number of carbonyl (C=O) groups is 1. The lowest BCUT2D eigenvalue weighted by molar-refractivity contribution is -0.116. The molecule has 1 aliphatic heterocycles. The van der Waals surface area contributed by atoms with Crippen LogP contribution in [0.3, 0.4) is 0 Å². The lowest BCUT2D eigenvalue weighted by atomic mass is 10.1. The molecule has 8 heteroatoms. The number of ether oxygens (including phenoxy) is 1. The fourth-order valence-corrected chi connectivity index (χ4v) is 4.03. The first-order valence-electron chi connectivity index (χ1n) is 10.6. The summed E-state index contributed by atoms with van der Waals surface area (Å²) >= 11 is 0. The summed E-state index contributed by atoms with van der Waals surface area (Å²) in [5.41, 5.74) is 3.64. The fourth-order valence-electron chi connectivity index (χ4n) is 4.03. The monoisotopic (exact) mass is 420 g/mol. The number of para-hydroxylation sites is 2. The van der Waals surface area contributed by atoms with Crippen molar-refractivity contribution in [2.75, 3.05) is 30.4 Å². The summed E-state index contributed by atoms with van der Waals surface area (Å²) in [6.07, 6.45) is 4.94. The number of methoxy groups -OCH3 is 1. The van der Waals surface area contributed by atoms with E-state index in [1.807, 2.05) is 48.9 Å². The number of hydrogen-bond donors (Lipinski definition) is 1. The third-order valence-corrected chi connectivity index (χ3v) is 5.71.